The predicted molar refractivity (Wildman–Crippen MR) is 55.2 cm³/mol. The summed E-state index contributed by atoms with van der Waals surface area (Å²) in [6.07, 6.45) is 1.56. The van der Waals surface area contributed by atoms with Gasteiger partial charge in [-0.3, -0.25) is 0 Å². The van der Waals surface area contributed by atoms with Crippen molar-refractivity contribution in [3.05, 3.63) is 5.89 Å². The lowest BCUT2D eigenvalue weighted by molar-refractivity contribution is 0.358. The van der Waals surface area contributed by atoms with Crippen LogP contribution in [0.1, 0.15) is 26.2 Å². The highest BCUT2D eigenvalue weighted by Gasteiger charge is 2.14. The summed E-state index contributed by atoms with van der Waals surface area (Å²) in [6, 6.07) is 0. The fraction of sp³-hybridized carbons (Fsp3) is 0.778. The topological polar surface area (TPSA) is 68.2 Å². The zero-order chi connectivity index (χ0) is 10.8. The van der Waals surface area contributed by atoms with Crippen LogP contribution in [-0.2, 0) is 6.42 Å². The second-order valence-electron chi connectivity index (χ2n) is 4.37. The van der Waals surface area contributed by atoms with Crippen LogP contribution in [0.5, 0.6) is 0 Å². The van der Waals surface area contributed by atoms with E-state index in [1.54, 1.807) is 4.90 Å². The Bertz CT molecular complexity index is 287. The van der Waals surface area contributed by atoms with Crippen molar-refractivity contribution in [1.29, 1.82) is 0 Å². The lowest BCUT2D eigenvalue weighted by Crippen LogP contribution is -2.32. The third-order valence-corrected chi connectivity index (χ3v) is 1.84. The molecule has 0 unspecified atom stereocenters. The minimum Gasteiger partial charge on any atom is -0.344 e. The number of rotatable bonds is 4. The first-order valence-electron chi connectivity index (χ1n) is 4.67. The van der Waals surface area contributed by atoms with Crippen molar-refractivity contribution >= 4 is 5.95 Å². The van der Waals surface area contributed by atoms with Crippen LogP contribution in [-0.4, -0.2) is 29.8 Å². The minimum absolute atomic E-state index is 0.188. The van der Waals surface area contributed by atoms with E-state index in [-0.39, 0.29) is 5.54 Å². The average Bonchev–Trinajstić information content (AvgIpc) is 2.47. The van der Waals surface area contributed by atoms with Gasteiger partial charge in [-0.2, -0.15) is 4.98 Å². The summed E-state index contributed by atoms with van der Waals surface area (Å²) in [5.74, 6) is 1.25. The summed E-state index contributed by atoms with van der Waals surface area (Å²) >= 11 is 0. The lowest BCUT2D eigenvalue weighted by Gasteiger charge is -2.16. The third-order valence-electron chi connectivity index (χ3n) is 1.84. The largest absolute Gasteiger partial charge is 0.344 e. The van der Waals surface area contributed by atoms with Crippen molar-refractivity contribution in [3.8, 4) is 0 Å². The van der Waals surface area contributed by atoms with Crippen molar-refractivity contribution in [1.82, 2.24) is 10.1 Å². The summed E-state index contributed by atoms with van der Waals surface area (Å²) in [5, 5.41) is 3.82. The number of aryl methyl sites for hydroxylation is 1. The normalized spacial score (nSPS) is 11.8. The van der Waals surface area contributed by atoms with Gasteiger partial charge in [-0.25, -0.2) is 0 Å². The highest BCUT2D eigenvalue weighted by Crippen LogP contribution is 2.11. The first-order valence-corrected chi connectivity index (χ1v) is 4.67. The van der Waals surface area contributed by atoms with E-state index in [2.05, 4.69) is 10.1 Å². The van der Waals surface area contributed by atoms with E-state index in [1.165, 1.54) is 0 Å². The maximum absolute atomic E-state index is 5.85. The zero-order valence-corrected chi connectivity index (χ0v) is 9.24. The SMILES string of the molecule is CN(C)c1noc(CCC(C)(C)N)n1. The van der Waals surface area contributed by atoms with Crippen molar-refractivity contribution in [2.24, 2.45) is 5.73 Å². The molecule has 2 N–H and O–H groups in total. The molecule has 0 aliphatic carbocycles. The third kappa shape index (κ3) is 3.33. The molecule has 1 aromatic rings. The highest BCUT2D eigenvalue weighted by molar-refractivity contribution is 5.23. The molecular formula is C9H18N4O. The number of hydrogen-bond acceptors (Lipinski definition) is 5. The van der Waals surface area contributed by atoms with Crippen LogP contribution >= 0.6 is 0 Å². The van der Waals surface area contributed by atoms with Crippen LogP contribution in [0, 0.1) is 0 Å². The predicted octanol–water partition coefficient (Wildman–Crippen LogP) is 0.805. The van der Waals surface area contributed by atoms with E-state index in [9.17, 15) is 0 Å². The molecule has 1 rings (SSSR count). The van der Waals surface area contributed by atoms with Gasteiger partial charge in [-0.05, 0) is 25.4 Å². The van der Waals surface area contributed by atoms with Crippen molar-refractivity contribution in [2.75, 3.05) is 19.0 Å². The van der Waals surface area contributed by atoms with Gasteiger partial charge in [-0.1, -0.05) is 0 Å². The van der Waals surface area contributed by atoms with Crippen LogP contribution in [0.3, 0.4) is 0 Å². The molecule has 0 aromatic carbocycles. The standard InChI is InChI=1S/C9H18N4O/c1-9(2,10)6-5-7-11-8(12-14-7)13(3)4/h5-6,10H2,1-4H3. The van der Waals surface area contributed by atoms with E-state index in [0.717, 1.165) is 12.8 Å². The van der Waals surface area contributed by atoms with Crippen LogP contribution in [0.25, 0.3) is 0 Å². The number of anilines is 1. The molecule has 0 radical (unpaired) electrons. The molecule has 5 nitrogen and oxygen atoms in total. The molecule has 0 aliphatic heterocycles. The first kappa shape index (κ1) is 11.0. The van der Waals surface area contributed by atoms with E-state index >= 15 is 0 Å². The molecule has 0 saturated carbocycles. The number of nitrogens with zero attached hydrogens (tertiary/aromatic N) is 3. The number of hydrogen-bond donors (Lipinski definition) is 1. The molecule has 0 saturated heterocycles. The molecular weight excluding hydrogens is 180 g/mol. The van der Waals surface area contributed by atoms with Crippen LogP contribution in [0.2, 0.25) is 0 Å². The van der Waals surface area contributed by atoms with Gasteiger partial charge >= 0.3 is 0 Å². The Labute approximate surface area is 84.3 Å². The maximum atomic E-state index is 5.85. The monoisotopic (exact) mass is 198 g/mol. The lowest BCUT2D eigenvalue weighted by atomic mass is 10.0. The van der Waals surface area contributed by atoms with Gasteiger partial charge in [0.25, 0.3) is 5.95 Å². The Kier molecular flexibility index (Phi) is 3.10. The highest BCUT2D eigenvalue weighted by atomic mass is 16.5. The van der Waals surface area contributed by atoms with Gasteiger partial charge in [0.1, 0.15) is 0 Å². The van der Waals surface area contributed by atoms with Crippen LogP contribution in [0.4, 0.5) is 5.95 Å². The van der Waals surface area contributed by atoms with Gasteiger partial charge in [0.2, 0.25) is 5.89 Å². The van der Waals surface area contributed by atoms with Gasteiger partial charge < -0.3 is 15.2 Å². The van der Waals surface area contributed by atoms with Gasteiger partial charge in [0.15, 0.2) is 0 Å². The Morgan fingerprint density at radius 2 is 2.07 bits per heavy atom. The Balaban J connectivity index is 2.52. The molecule has 0 bridgehead atoms. The molecule has 0 amide bonds. The molecule has 1 aromatic heterocycles. The fourth-order valence-corrected chi connectivity index (χ4v) is 0.958. The Hall–Kier alpha value is -1.10. The molecule has 1 heterocycles. The second kappa shape index (κ2) is 3.96. The number of aromatic nitrogens is 2. The Morgan fingerprint density at radius 3 is 2.50 bits per heavy atom. The van der Waals surface area contributed by atoms with Gasteiger partial charge in [0.05, 0.1) is 0 Å². The van der Waals surface area contributed by atoms with Gasteiger partial charge in [0, 0.05) is 26.1 Å². The minimum atomic E-state index is -0.188. The van der Waals surface area contributed by atoms with Gasteiger partial charge in [-0.15, -0.1) is 0 Å². The molecule has 0 fully saturated rings. The molecule has 5 heteroatoms. The maximum Gasteiger partial charge on any atom is 0.265 e. The summed E-state index contributed by atoms with van der Waals surface area (Å²) in [6.45, 7) is 3.96. The molecule has 0 aliphatic rings. The summed E-state index contributed by atoms with van der Waals surface area (Å²) < 4.78 is 5.06. The quantitative estimate of drug-likeness (QED) is 0.775. The van der Waals surface area contributed by atoms with Crippen molar-refractivity contribution in [3.63, 3.8) is 0 Å². The first-order chi connectivity index (χ1) is 6.38. The smallest absolute Gasteiger partial charge is 0.265 e. The Morgan fingerprint density at radius 1 is 1.43 bits per heavy atom. The van der Waals surface area contributed by atoms with Crippen molar-refractivity contribution < 1.29 is 4.52 Å². The second-order valence-corrected chi connectivity index (χ2v) is 4.37. The van der Waals surface area contributed by atoms with Crippen molar-refractivity contribution in [2.45, 2.75) is 32.2 Å². The van der Waals surface area contributed by atoms with E-state index < -0.39 is 0 Å². The summed E-state index contributed by atoms with van der Waals surface area (Å²) in [5.41, 5.74) is 5.66. The van der Waals surface area contributed by atoms with E-state index in [4.69, 9.17) is 10.3 Å². The van der Waals surface area contributed by atoms with E-state index in [1.807, 2.05) is 27.9 Å². The van der Waals surface area contributed by atoms with Crippen LogP contribution in [0.15, 0.2) is 4.52 Å². The zero-order valence-electron chi connectivity index (χ0n) is 9.24. The van der Waals surface area contributed by atoms with Crippen LogP contribution < -0.4 is 10.6 Å². The summed E-state index contributed by atoms with van der Waals surface area (Å²) in [4.78, 5) is 6.01. The van der Waals surface area contributed by atoms with E-state index in [0.29, 0.717) is 11.8 Å². The summed E-state index contributed by atoms with van der Waals surface area (Å²) in [7, 11) is 3.75. The molecule has 0 atom stereocenters. The number of nitrogens with two attached hydrogens (primary N) is 1. The average molecular weight is 198 g/mol. The fourth-order valence-electron chi connectivity index (χ4n) is 0.958. The molecule has 14 heavy (non-hydrogen) atoms. The molecule has 80 valence electrons. The molecule has 0 spiro atoms.